The molecular weight excluding hydrogens is 290 g/mol. The van der Waals surface area contributed by atoms with Crippen molar-refractivity contribution in [2.45, 2.75) is 55.8 Å². The summed E-state index contributed by atoms with van der Waals surface area (Å²) in [4.78, 5) is 3.13. The maximum atomic E-state index is 12.3. The van der Waals surface area contributed by atoms with Gasteiger partial charge in [-0.15, -0.1) is 0 Å². The van der Waals surface area contributed by atoms with Gasteiger partial charge in [0, 0.05) is 29.2 Å². The third-order valence-electron chi connectivity index (χ3n) is 3.94. The van der Waals surface area contributed by atoms with E-state index in [9.17, 15) is 8.78 Å². The highest BCUT2D eigenvalue weighted by Gasteiger charge is 2.18. The minimum atomic E-state index is -2.35. The lowest BCUT2D eigenvalue weighted by Gasteiger charge is -2.24. The first-order valence-electron chi connectivity index (χ1n) is 7.60. The van der Waals surface area contributed by atoms with Gasteiger partial charge in [0.25, 0.3) is 5.76 Å². The van der Waals surface area contributed by atoms with Crippen molar-refractivity contribution in [1.82, 2.24) is 4.90 Å². The smallest absolute Gasteiger partial charge is 0.288 e. The standard InChI is InChI=1S/C16H24F2N2S/c1-12(2)20-10-3-4-13(9-11-20)19-14-5-7-15(8-6-14)21-16(17)18/h5-8,12-13,16,19H,3-4,9-11H2,1-2H3. The molecule has 2 rings (SSSR count). The zero-order valence-electron chi connectivity index (χ0n) is 12.7. The van der Waals surface area contributed by atoms with Gasteiger partial charge in [0.2, 0.25) is 0 Å². The highest BCUT2D eigenvalue weighted by atomic mass is 32.2. The molecule has 1 N–H and O–H groups in total. The molecule has 21 heavy (non-hydrogen) atoms. The van der Waals surface area contributed by atoms with Gasteiger partial charge in [-0.2, -0.15) is 8.78 Å². The monoisotopic (exact) mass is 314 g/mol. The second-order valence-electron chi connectivity index (χ2n) is 5.80. The van der Waals surface area contributed by atoms with Crippen LogP contribution in [0.3, 0.4) is 0 Å². The van der Waals surface area contributed by atoms with Gasteiger partial charge in [0.15, 0.2) is 0 Å². The number of nitrogens with zero attached hydrogens (tertiary/aromatic N) is 1. The lowest BCUT2D eigenvalue weighted by molar-refractivity contribution is 0.230. The van der Waals surface area contributed by atoms with E-state index in [1.807, 2.05) is 12.1 Å². The zero-order chi connectivity index (χ0) is 15.2. The number of anilines is 1. The van der Waals surface area contributed by atoms with Gasteiger partial charge in [0.1, 0.15) is 0 Å². The van der Waals surface area contributed by atoms with Crippen LogP contribution >= 0.6 is 11.8 Å². The largest absolute Gasteiger partial charge is 0.382 e. The van der Waals surface area contributed by atoms with Crippen molar-refractivity contribution in [3.8, 4) is 0 Å². The zero-order valence-corrected chi connectivity index (χ0v) is 13.5. The number of likely N-dealkylation sites (tertiary alicyclic amines) is 1. The van der Waals surface area contributed by atoms with Crippen LogP contribution < -0.4 is 5.32 Å². The van der Waals surface area contributed by atoms with Crippen LogP contribution in [0.1, 0.15) is 33.1 Å². The van der Waals surface area contributed by atoms with Crippen LogP contribution in [-0.4, -0.2) is 35.8 Å². The van der Waals surface area contributed by atoms with E-state index in [1.54, 1.807) is 12.1 Å². The fourth-order valence-corrected chi connectivity index (χ4v) is 3.25. The Morgan fingerprint density at radius 1 is 1.14 bits per heavy atom. The van der Waals surface area contributed by atoms with Crippen molar-refractivity contribution in [1.29, 1.82) is 0 Å². The molecule has 1 saturated heterocycles. The van der Waals surface area contributed by atoms with E-state index in [0.29, 0.717) is 28.7 Å². The van der Waals surface area contributed by atoms with Crippen LogP contribution in [0.5, 0.6) is 0 Å². The normalized spacial score (nSPS) is 20.8. The van der Waals surface area contributed by atoms with E-state index in [0.717, 1.165) is 25.1 Å². The molecule has 0 aromatic heterocycles. The Hall–Kier alpha value is -0.810. The Morgan fingerprint density at radius 2 is 1.86 bits per heavy atom. The van der Waals surface area contributed by atoms with Crippen LogP contribution in [0, 0.1) is 0 Å². The molecule has 0 amide bonds. The number of thioether (sulfide) groups is 1. The maximum absolute atomic E-state index is 12.3. The first-order valence-corrected chi connectivity index (χ1v) is 8.48. The van der Waals surface area contributed by atoms with Crippen molar-refractivity contribution in [3.05, 3.63) is 24.3 Å². The highest BCUT2D eigenvalue weighted by molar-refractivity contribution is 7.99. The van der Waals surface area contributed by atoms with Gasteiger partial charge in [0.05, 0.1) is 0 Å². The summed E-state index contributed by atoms with van der Waals surface area (Å²) in [6.07, 6.45) is 3.50. The average molecular weight is 314 g/mol. The van der Waals surface area contributed by atoms with E-state index < -0.39 is 5.76 Å². The molecule has 1 aliphatic rings. The van der Waals surface area contributed by atoms with Crippen molar-refractivity contribution in [2.75, 3.05) is 18.4 Å². The van der Waals surface area contributed by atoms with Gasteiger partial charge in [-0.25, -0.2) is 0 Å². The Labute approximate surface area is 130 Å². The van der Waals surface area contributed by atoms with Gasteiger partial charge < -0.3 is 10.2 Å². The van der Waals surface area contributed by atoms with Crippen LogP contribution in [0.15, 0.2) is 29.2 Å². The first kappa shape index (κ1) is 16.6. The van der Waals surface area contributed by atoms with Crippen molar-refractivity contribution in [2.24, 2.45) is 0 Å². The molecule has 2 nitrogen and oxygen atoms in total. The Bertz CT molecular complexity index is 423. The number of alkyl halides is 2. The van der Waals surface area contributed by atoms with Crippen LogP contribution in [-0.2, 0) is 0 Å². The van der Waals surface area contributed by atoms with E-state index >= 15 is 0 Å². The molecule has 1 atom stereocenters. The Balaban J connectivity index is 1.86. The minimum Gasteiger partial charge on any atom is -0.382 e. The van der Waals surface area contributed by atoms with Crippen LogP contribution in [0.25, 0.3) is 0 Å². The van der Waals surface area contributed by atoms with Crippen LogP contribution in [0.4, 0.5) is 14.5 Å². The third kappa shape index (κ3) is 5.47. The molecular formula is C16H24F2N2S. The SMILES string of the molecule is CC(C)N1CCCC(Nc2ccc(SC(F)F)cc2)CC1. The molecule has 118 valence electrons. The van der Waals surface area contributed by atoms with Crippen molar-refractivity contribution >= 4 is 17.4 Å². The maximum Gasteiger partial charge on any atom is 0.288 e. The molecule has 0 aliphatic carbocycles. The predicted molar refractivity (Wildman–Crippen MR) is 86.3 cm³/mol. The molecule has 0 radical (unpaired) electrons. The summed E-state index contributed by atoms with van der Waals surface area (Å²) in [6.45, 7) is 6.77. The lowest BCUT2D eigenvalue weighted by Crippen LogP contribution is -2.32. The lowest BCUT2D eigenvalue weighted by atomic mass is 10.1. The molecule has 0 saturated carbocycles. The van der Waals surface area contributed by atoms with Gasteiger partial charge in [-0.3, -0.25) is 0 Å². The molecule has 0 spiro atoms. The second kappa shape index (κ2) is 7.99. The summed E-state index contributed by atoms with van der Waals surface area (Å²) in [5.74, 6) is -2.35. The molecule has 1 aromatic rings. The summed E-state index contributed by atoms with van der Waals surface area (Å²) in [6, 6.07) is 8.40. The van der Waals surface area contributed by atoms with E-state index in [4.69, 9.17) is 0 Å². The number of halogens is 2. The minimum absolute atomic E-state index is 0.474. The molecule has 1 fully saturated rings. The highest BCUT2D eigenvalue weighted by Crippen LogP contribution is 2.27. The number of benzene rings is 1. The molecule has 1 aliphatic heterocycles. The fraction of sp³-hybridized carbons (Fsp3) is 0.625. The molecule has 0 bridgehead atoms. The van der Waals surface area contributed by atoms with E-state index in [2.05, 4.69) is 24.1 Å². The van der Waals surface area contributed by atoms with E-state index in [-0.39, 0.29) is 0 Å². The second-order valence-corrected chi connectivity index (χ2v) is 6.87. The predicted octanol–water partition coefficient (Wildman–Crippen LogP) is 4.68. The number of nitrogens with one attached hydrogen (secondary N) is 1. The topological polar surface area (TPSA) is 15.3 Å². The fourth-order valence-electron chi connectivity index (χ4n) is 2.75. The third-order valence-corrected chi connectivity index (χ3v) is 4.67. The van der Waals surface area contributed by atoms with Gasteiger partial charge in [-0.1, -0.05) is 11.8 Å². The number of rotatable bonds is 5. The summed E-state index contributed by atoms with van der Waals surface area (Å²) in [7, 11) is 0. The first-order chi connectivity index (χ1) is 10.0. The number of hydrogen-bond acceptors (Lipinski definition) is 3. The quantitative estimate of drug-likeness (QED) is 0.795. The van der Waals surface area contributed by atoms with Crippen molar-refractivity contribution in [3.63, 3.8) is 0 Å². The summed E-state index contributed by atoms with van der Waals surface area (Å²) in [5.41, 5.74) is 1.02. The molecule has 1 heterocycles. The average Bonchev–Trinajstić information content (AvgIpc) is 2.66. The van der Waals surface area contributed by atoms with Gasteiger partial charge in [-0.05, 0) is 63.9 Å². The summed E-state index contributed by atoms with van der Waals surface area (Å²) < 4.78 is 24.6. The summed E-state index contributed by atoms with van der Waals surface area (Å²) >= 11 is 0.592. The molecule has 5 heteroatoms. The molecule has 1 aromatic carbocycles. The van der Waals surface area contributed by atoms with E-state index in [1.165, 1.54) is 13.0 Å². The molecule has 1 unspecified atom stereocenters. The Morgan fingerprint density at radius 3 is 2.48 bits per heavy atom. The summed E-state index contributed by atoms with van der Waals surface area (Å²) in [5, 5.41) is 3.54. The number of hydrogen-bond donors (Lipinski definition) is 1. The van der Waals surface area contributed by atoms with Crippen LogP contribution in [0.2, 0.25) is 0 Å². The van der Waals surface area contributed by atoms with Gasteiger partial charge >= 0.3 is 0 Å². The Kier molecular flexibility index (Phi) is 6.30. The van der Waals surface area contributed by atoms with Crippen molar-refractivity contribution < 1.29 is 8.78 Å².